The molecule has 0 aromatic heterocycles. The van der Waals surface area contributed by atoms with Crippen molar-refractivity contribution in [3.63, 3.8) is 0 Å². The third-order valence-corrected chi connectivity index (χ3v) is 6.10. The van der Waals surface area contributed by atoms with Gasteiger partial charge in [0.05, 0.1) is 42.5 Å². The van der Waals surface area contributed by atoms with Crippen LogP contribution in [0.1, 0.15) is 0 Å². The molecular weight excluding hydrogens is 971 g/mol. The third-order valence-electron chi connectivity index (χ3n) is 2.31. The van der Waals surface area contributed by atoms with Gasteiger partial charge in [0.15, 0.2) is 46.5 Å². The molecule has 15 heteroatoms. The molecule has 0 saturated carbocycles. The molecule has 2 rings (SSSR count). The molecule has 0 bridgehead atoms. The second-order valence-corrected chi connectivity index (χ2v) is 11.2. The summed E-state index contributed by atoms with van der Waals surface area (Å²) in [6.45, 7) is 0. The molecule has 2 aromatic rings. The molecule has 32 heavy (non-hydrogen) atoms. The van der Waals surface area contributed by atoms with Crippen LogP contribution in [0.3, 0.4) is 0 Å². The predicted molar refractivity (Wildman–Crippen MR) is 141 cm³/mol. The van der Waals surface area contributed by atoms with Crippen LogP contribution < -0.4 is 0 Å². The van der Waals surface area contributed by atoms with Crippen LogP contribution >= 0.6 is 90.4 Å². The van der Waals surface area contributed by atoms with Gasteiger partial charge in [-0.1, -0.05) is 0 Å². The first-order chi connectivity index (χ1) is 14.3. The monoisotopic (exact) mass is 984 g/mol. The van der Waals surface area contributed by atoms with E-state index in [9.17, 15) is 35.1 Å². The van der Waals surface area contributed by atoms with E-state index in [4.69, 9.17) is 5.41 Å². The Hall–Kier alpha value is 0.859. The molecular formula is C17H12F8I4N2Se. The molecule has 0 aliphatic rings. The summed E-state index contributed by atoms with van der Waals surface area (Å²) >= 11 is 6.93. The van der Waals surface area contributed by atoms with E-state index in [1.807, 2.05) is 0 Å². The SMILES string of the molecule is C[N+](C)(C)C.Fc1c(F)c(I)c(F)c(F)c1I.Fc1c(F)c(I)c(F)c(F)c1I.[N-]=C=[Se]. The Balaban J connectivity index is 0. The standard InChI is InChI=1S/2C6F4I2.C4H12N.CNSe/c2*7-1-2(8)6(12)4(10)3(9)5(1)11;1-5(2,3)4;2-1-3/h;;1-4H3;/q;;+1;-1. The van der Waals surface area contributed by atoms with Crippen molar-refractivity contribution < 1.29 is 39.6 Å². The van der Waals surface area contributed by atoms with Gasteiger partial charge < -0.3 is 4.48 Å². The van der Waals surface area contributed by atoms with Gasteiger partial charge >= 0.3 is 25.7 Å². The molecule has 0 heterocycles. The second-order valence-electron chi connectivity index (χ2n) is 6.54. The normalized spacial score (nSPS) is 10.0. The van der Waals surface area contributed by atoms with Crippen LogP contribution in [-0.2, 0) is 0 Å². The maximum absolute atomic E-state index is 12.6. The van der Waals surface area contributed by atoms with Crippen molar-refractivity contribution in [2.75, 3.05) is 28.2 Å². The molecule has 180 valence electrons. The molecule has 0 amide bonds. The number of quaternary nitrogens is 1. The van der Waals surface area contributed by atoms with E-state index in [2.05, 4.69) is 43.8 Å². The van der Waals surface area contributed by atoms with Gasteiger partial charge in [-0.3, -0.25) is 0 Å². The van der Waals surface area contributed by atoms with E-state index >= 15 is 0 Å². The Kier molecular flexibility index (Phi) is 17.3. The van der Waals surface area contributed by atoms with Gasteiger partial charge in [0.25, 0.3) is 0 Å². The van der Waals surface area contributed by atoms with Crippen LogP contribution in [0.4, 0.5) is 35.1 Å². The first-order valence-electron chi connectivity index (χ1n) is 7.48. The van der Waals surface area contributed by atoms with Gasteiger partial charge in [0.1, 0.15) is 0 Å². The predicted octanol–water partition coefficient (Wildman–Crippen LogP) is 6.86. The minimum atomic E-state index is -1.35. The summed E-state index contributed by atoms with van der Waals surface area (Å²) in [4.78, 5) is 0. The number of hydrogen-bond acceptors (Lipinski definition) is 0. The molecule has 0 fully saturated rings. The molecule has 2 nitrogen and oxygen atoms in total. The van der Waals surface area contributed by atoms with E-state index in [1.54, 1.807) is 4.71 Å². The number of nitrogens with zero attached hydrogens (tertiary/aromatic N) is 2. The number of rotatable bonds is 0. The average molecular weight is 983 g/mol. The summed E-state index contributed by atoms with van der Waals surface area (Å²) in [7, 11) is 8.50. The maximum atomic E-state index is 12.6. The molecule has 0 unspecified atom stereocenters. The second kappa shape index (κ2) is 15.8. The zero-order valence-corrected chi connectivity index (χ0v) is 26.7. The van der Waals surface area contributed by atoms with E-state index in [0.29, 0.717) is 0 Å². The molecule has 0 N–H and O–H groups in total. The van der Waals surface area contributed by atoms with Crippen molar-refractivity contribution in [2.24, 2.45) is 0 Å². The van der Waals surface area contributed by atoms with Crippen LogP contribution in [0.15, 0.2) is 0 Å². The van der Waals surface area contributed by atoms with E-state index < -0.39 is 60.8 Å². The fourth-order valence-electron chi connectivity index (χ4n) is 1.16. The summed E-state index contributed by atoms with van der Waals surface area (Å²) in [5.41, 5.74) is 0. The van der Waals surface area contributed by atoms with Crippen LogP contribution in [0.25, 0.3) is 5.41 Å². The Morgan fingerprint density at radius 2 is 0.594 bits per heavy atom. The Morgan fingerprint density at radius 1 is 0.531 bits per heavy atom. The molecule has 0 aliphatic carbocycles. The zero-order chi connectivity index (χ0) is 26.1. The third kappa shape index (κ3) is 11.5. The van der Waals surface area contributed by atoms with Crippen LogP contribution in [0, 0.1) is 60.8 Å². The van der Waals surface area contributed by atoms with Crippen molar-refractivity contribution in [3.8, 4) is 0 Å². The Bertz CT molecular complexity index is 710. The summed E-state index contributed by atoms with van der Waals surface area (Å²) in [6, 6.07) is 0. The van der Waals surface area contributed by atoms with Crippen molar-refractivity contribution >= 4 is 111 Å². The van der Waals surface area contributed by atoms with Gasteiger partial charge in [0.2, 0.25) is 0 Å². The topological polar surface area (TPSA) is 22.3 Å². The fraction of sp³-hybridized carbons (Fsp3) is 0.235. The van der Waals surface area contributed by atoms with Gasteiger partial charge in [0, 0.05) is 0 Å². The van der Waals surface area contributed by atoms with Crippen molar-refractivity contribution in [1.82, 2.24) is 0 Å². The Morgan fingerprint density at radius 3 is 0.656 bits per heavy atom. The molecule has 0 aliphatic heterocycles. The van der Waals surface area contributed by atoms with Gasteiger partial charge in [-0.25, -0.2) is 35.1 Å². The molecule has 2 aromatic carbocycles. The van der Waals surface area contributed by atoms with E-state index in [1.165, 1.54) is 90.4 Å². The van der Waals surface area contributed by atoms with Gasteiger partial charge in [-0.2, -0.15) is 0 Å². The molecule has 0 saturated heterocycles. The van der Waals surface area contributed by atoms with Crippen LogP contribution in [0.5, 0.6) is 0 Å². The Labute approximate surface area is 241 Å². The van der Waals surface area contributed by atoms with Crippen molar-refractivity contribution in [3.05, 3.63) is 66.2 Å². The van der Waals surface area contributed by atoms with Crippen LogP contribution in [-0.4, -0.2) is 53.0 Å². The number of halogens is 12. The van der Waals surface area contributed by atoms with Crippen molar-refractivity contribution in [1.29, 1.82) is 0 Å². The molecule has 0 radical (unpaired) electrons. The molecule has 0 atom stereocenters. The summed E-state index contributed by atoms with van der Waals surface area (Å²) in [5.74, 6) is -10.8. The first kappa shape index (κ1) is 35.0. The summed E-state index contributed by atoms with van der Waals surface area (Å²) in [5, 5.41) is 7.26. The number of hydrogen-bond donors (Lipinski definition) is 0. The van der Waals surface area contributed by atoms with Crippen molar-refractivity contribution in [2.45, 2.75) is 0 Å². The minimum absolute atomic E-state index is 0.664. The van der Waals surface area contributed by atoms with Gasteiger partial charge in [-0.05, 0) is 90.4 Å². The summed E-state index contributed by atoms with van der Waals surface area (Å²) < 4.78 is 101. The van der Waals surface area contributed by atoms with E-state index in [-0.39, 0.29) is 0 Å². The quantitative estimate of drug-likeness (QED) is 0.0525. The number of benzene rings is 2. The average Bonchev–Trinajstić information content (AvgIpc) is 2.70. The molecule has 0 spiro atoms. The van der Waals surface area contributed by atoms with Crippen LogP contribution in [0.2, 0.25) is 0 Å². The zero-order valence-electron chi connectivity index (χ0n) is 16.3. The summed E-state index contributed by atoms with van der Waals surface area (Å²) in [6.07, 6.45) is 0. The van der Waals surface area contributed by atoms with E-state index in [0.717, 1.165) is 4.48 Å². The fourth-order valence-corrected chi connectivity index (χ4v) is 3.05. The first-order valence-corrected chi connectivity index (χ1v) is 12.7. The van der Waals surface area contributed by atoms with Gasteiger partial charge in [-0.15, -0.1) is 0 Å².